The average Bonchev–Trinajstić information content (AvgIpc) is 2.69. The van der Waals surface area contributed by atoms with Gasteiger partial charge in [0.1, 0.15) is 11.5 Å². The molecule has 6 heteroatoms. The first-order chi connectivity index (χ1) is 12.7. The molecule has 3 rings (SSSR count). The molecule has 1 aliphatic heterocycles. The van der Waals surface area contributed by atoms with Crippen LogP contribution >= 0.6 is 0 Å². The Morgan fingerprint density at radius 1 is 1.12 bits per heavy atom. The molecule has 6 nitrogen and oxygen atoms in total. The maximum absolute atomic E-state index is 12.4. The summed E-state index contributed by atoms with van der Waals surface area (Å²) in [6.07, 6.45) is -0.624. The summed E-state index contributed by atoms with van der Waals surface area (Å²) in [4.78, 5) is 14.6. The summed E-state index contributed by atoms with van der Waals surface area (Å²) < 4.78 is 16.2. The highest BCUT2D eigenvalue weighted by molar-refractivity contribution is 5.94. The number of morpholine rings is 1. The highest BCUT2D eigenvalue weighted by atomic mass is 16.5. The smallest absolute Gasteiger partial charge is 0.265 e. The second kappa shape index (κ2) is 8.58. The summed E-state index contributed by atoms with van der Waals surface area (Å²) in [7, 11) is 1.59. The molecule has 2 aromatic carbocycles. The zero-order chi connectivity index (χ0) is 18.4. The Morgan fingerprint density at radius 2 is 1.81 bits per heavy atom. The standard InChI is InChI=1S/C20H24N2O4/c1-15(26-19-5-3-4-18(14-19)24-2)20(23)21-16-6-8-17(9-7-16)22-10-12-25-13-11-22/h3-9,14-15H,10-13H2,1-2H3,(H,21,23)/t15-/m0/s1. The third-order valence-corrected chi connectivity index (χ3v) is 4.23. The molecular formula is C20H24N2O4. The zero-order valence-corrected chi connectivity index (χ0v) is 15.1. The molecule has 138 valence electrons. The van der Waals surface area contributed by atoms with Gasteiger partial charge in [-0.05, 0) is 43.3 Å². The summed E-state index contributed by atoms with van der Waals surface area (Å²) >= 11 is 0. The van der Waals surface area contributed by atoms with Crippen molar-refractivity contribution < 1.29 is 19.0 Å². The molecule has 1 fully saturated rings. The van der Waals surface area contributed by atoms with Crippen LogP contribution in [0, 0.1) is 0 Å². The quantitative estimate of drug-likeness (QED) is 0.862. The van der Waals surface area contributed by atoms with Gasteiger partial charge in [0, 0.05) is 30.5 Å². The fraction of sp³-hybridized carbons (Fsp3) is 0.350. The third kappa shape index (κ3) is 4.67. The Kier molecular flexibility index (Phi) is 5.96. The lowest BCUT2D eigenvalue weighted by atomic mass is 10.2. The van der Waals surface area contributed by atoms with Crippen LogP contribution in [0.1, 0.15) is 6.92 Å². The molecule has 1 heterocycles. The number of nitrogens with zero attached hydrogens (tertiary/aromatic N) is 1. The number of nitrogens with one attached hydrogen (secondary N) is 1. The minimum atomic E-state index is -0.624. The summed E-state index contributed by atoms with van der Waals surface area (Å²) in [5.41, 5.74) is 1.88. The monoisotopic (exact) mass is 356 g/mol. The molecule has 1 amide bonds. The number of benzene rings is 2. The third-order valence-electron chi connectivity index (χ3n) is 4.23. The summed E-state index contributed by atoms with van der Waals surface area (Å²) in [6, 6.07) is 15.0. The van der Waals surface area contributed by atoms with Gasteiger partial charge in [0.15, 0.2) is 6.10 Å². The van der Waals surface area contributed by atoms with Crippen LogP contribution in [-0.4, -0.2) is 45.4 Å². The fourth-order valence-corrected chi connectivity index (χ4v) is 2.75. The van der Waals surface area contributed by atoms with Crippen molar-refractivity contribution in [1.82, 2.24) is 0 Å². The second-order valence-corrected chi connectivity index (χ2v) is 6.07. The molecule has 0 bridgehead atoms. The molecular weight excluding hydrogens is 332 g/mol. The highest BCUT2D eigenvalue weighted by Gasteiger charge is 2.16. The number of ether oxygens (including phenoxy) is 3. The van der Waals surface area contributed by atoms with Crippen molar-refractivity contribution in [3.05, 3.63) is 48.5 Å². The van der Waals surface area contributed by atoms with Gasteiger partial charge in [0.2, 0.25) is 0 Å². The number of carbonyl (C=O) groups is 1. The Morgan fingerprint density at radius 3 is 2.50 bits per heavy atom. The predicted molar refractivity (Wildman–Crippen MR) is 101 cm³/mol. The van der Waals surface area contributed by atoms with E-state index in [4.69, 9.17) is 14.2 Å². The lowest BCUT2D eigenvalue weighted by molar-refractivity contribution is -0.122. The van der Waals surface area contributed by atoms with Gasteiger partial charge in [0.25, 0.3) is 5.91 Å². The summed E-state index contributed by atoms with van der Waals surface area (Å²) in [5.74, 6) is 1.08. The lowest BCUT2D eigenvalue weighted by Crippen LogP contribution is -2.36. The van der Waals surface area contributed by atoms with Crippen molar-refractivity contribution in [3.63, 3.8) is 0 Å². The van der Waals surface area contributed by atoms with E-state index in [2.05, 4.69) is 10.2 Å². The molecule has 1 saturated heterocycles. The van der Waals surface area contributed by atoms with Crippen LogP contribution in [-0.2, 0) is 9.53 Å². The van der Waals surface area contributed by atoms with E-state index in [1.807, 2.05) is 36.4 Å². The van der Waals surface area contributed by atoms with E-state index in [-0.39, 0.29) is 5.91 Å². The van der Waals surface area contributed by atoms with Crippen molar-refractivity contribution in [1.29, 1.82) is 0 Å². The molecule has 26 heavy (non-hydrogen) atoms. The van der Waals surface area contributed by atoms with Crippen molar-refractivity contribution in [2.24, 2.45) is 0 Å². The van der Waals surface area contributed by atoms with Crippen LogP contribution in [0.2, 0.25) is 0 Å². The fourth-order valence-electron chi connectivity index (χ4n) is 2.75. The molecule has 0 radical (unpaired) electrons. The molecule has 0 spiro atoms. The van der Waals surface area contributed by atoms with E-state index in [1.54, 1.807) is 26.2 Å². The van der Waals surface area contributed by atoms with Crippen LogP contribution in [0.25, 0.3) is 0 Å². The van der Waals surface area contributed by atoms with Gasteiger partial charge >= 0.3 is 0 Å². The Hall–Kier alpha value is -2.73. The first-order valence-corrected chi connectivity index (χ1v) is 8.70. The van der Waals surface area contributed by atoms with Gasteiger partial charge in [-0.15, -0.1) is 0 Å². The predicted octanol–water partition coefficient (Wildman–Crippen LogP) is 2.94. The van der Waals surface area contributed by atoms with E-state index >= 15 is 0 Å². The normalized spacial score (nSPS) is 15.2. The van der Waals surface area contributed by atoms with E-state index in [0.29, 0.717) is 11.5 Å². The summed E-state index contributed by atoms with van der Waals surface area (Å²) in [5, 5.41) is 2.88. The van der Waals surface area contributed by atoms with Gasteiger partial charge in [-0.3, -0.25) is 4.79 Å². The maximum Gasteiger partial charge on any atom is 0.265 e. The molecule has 0 aromatic heterocycles. The van der Waals surface area contributed by atoms with Crippen LogP contribution in [0.3, 0.4) is 0 Å². The SMILES string of the molecule is COc1cccc(O[C@@H](C)C(=O)Nc2ccc(N3CCOCC3)cc2)c1. The number of hydrogen-bond acceptors (Lipinski definition) is 5. The van der Waals surface area contributed by atoms with Crippen molar-refractivity contribution in [2.75, 3.05) is 43.6 Å². The first kappa shape index (κ1) is 18.1. The first-order valence-electron chi connectivity index (χ1n) is 8.70. The summed E-state index contributed by atoms with van der Waals surface area (Å²) in [6.45, 7) is 4.99. The molecule has 1 aliphatic rings. The maximum atomic E-state index is 12.4. The van der Waals surface area contributed by atoms with Crippen LogP contribution in [0.4, 0.5) is 11.4 Å². The Bertz CT molecular complexity index is 727. The number of hydrogen-bond donors (Lipinski definition) is 1. The van der Waals surface area contributed by atoms with Crippen LogP contribution < -0.4 is 19.7 Å². The zero-order valence-electron chi connectivity index (χ0n) is 15.1. The van der Waals surface area contributed by atoms with Gasteiger partial charge in [-0.1, -0.05) is 6.07 Å². The molecule has 0 aliphatic carbocycles. The molecule has 1 N–H and O–H groups in total. The number of carbonyl (C=O) groups excluding carboxylic acids is 1. The van der Waals surface area contributed by atoms with Crippen LogP contribution in [0.5, 0.6) is 11.5 Å². The number of anilines is 2. The van der Waals surface area contributed by atoms with E-state index in [0.717, 1.165) is 37.7 Å². The van der Waals surface area contributed by atoms with E-state index < -0.39 is 6.10 Å². The van der Waals surface area contributed by atoms with Gasteiger partial charge in [-0.25, -0.2) is 0 Å². The highest BCUT2D eigenvalue weighted by Crippen LogP contribution is 2.21. The molecule has 1 atom stereocenters. The van der Waals surface area contributed by atoms with Crippen molar-refractivity contribution >= 4 is 17.3 Å². The molecule has 0 saturated carbocycles. The second-order valence-electron chi connectivity index (χ2n) is 6.07. The topological polar surface area (TPSA) is 60.0 Å². The van der Waals surface area contributed by atoms with Crippen LogP contribution in [0.15, 0.2) is 48.5 Å². The van der Waals surface area contributed by atoms with Gasteiger partial charge < -0.3 is 24.4 Å². The molecule has 0 unspecified atom stereocenters. The Balaban J connectivity index is 1.56. The van der Waals surface area contributed by atoms with E-state index in [9.17, 15) is 4.79 Å². The van der Waals surface area contributed by atoms with Gasteiger partial charge in [-0.2, -0.15) is 0 Å². The minimum absolute atomic E-state index is 0.202. The van der Waals surface area contributed by atoms with E-state index in [1.165, 1.54) is 0 Å². The number of amides is 1. The minimum Gasteiger partial charge on any atom is -0.497 e. The largest absolute Gasteiger partial charge is 0.497 e. The lowest BCUT2D eigenvalue weighted by Gasteiger charge is -2.29. The number of methoxy groups -OCH3 is 1. The number of rotatable bonds is 6. The average molecular weight is 356 g/mol. The van der Waals surface area contributed by atoms with Crippen molar-refractivity contribution in [2.45, 2.75) is 13.0 Å². The Labute approximate surface area is 153 Å². The van der Waals surface area contributed by atoms with Gasteiger partial charge in [0.05, 0.1) is 20.3 Å². The molecule has 2 aromatic rings. The van der Waals surface area contributed by atoms with Crippen molar-refractivity contribution in [3.8, 4) is 11.5 Å².